The molecule has 10 heteroatoms. The van der Waals surface area contributed by atoms with Crippen molar-refractivity contribution in [1.82, 2.24) is 28.9 Å². The first-order chi connectivity index (χ1) is 22.2. The average molecular weight is 618 g/mol. The quantitative estimate of drug-likeness (QED) is 0.277. The molecule has 8 rings (SSSR count). The number of aromatic nitrogens is 4. The van der Waals surface area contributed by atoms with Crippen LogP contribution in [-0.4, -0.2) is 80.5 Å². The van der Waals surface area contributed by atoms with Crippen molar-refractivity contribution in [3.8, 4) is 28.5 Å². The Kier molecular flexibility index (Phi) is 6.68. The second-order valence-corrected chi connectivity index (χ2v) is 13.5. The Bertz CT molecular complexity index is 2020. The first-order valence-electron chi connectivity index (χ1n) is 16.2. The number of hydrogen-bond acceptors (Lipinski definition) is 6. The highest BCUT2D eigenvalue weighted by Crippen LogP contribution is 2.40. The summed E-state index contributed by atoms with van der Waals surface area (Å²) >= 11 is 0. The van der Waals surface area contributed by atoms with E-state index in [9.17, 15) is 9.59 Å². The number of carbonyl (C=O) groups excluding carboxylic acids is 2. The van der Waals surface area contributed by atoms with Gasteiger partial charge in [0.05, 0.1) is 24.0 Å². The maximum atomic E-state index is 13.7. The molecule has 3 aromatic heterocycles. The van der Waals surface area contributed by atoms with E-state index in [0.717, 1.165) is 64.2 Å². The summed E-state index contributed by atoms with van der Waals surface area (Å²) < 4.78 is 10.2. The minimum absolute atomic E-state index is 0.00579. The molecule has 5 aromatic rings. The third kappa shape index (κ3) is 4.57. The minimum atomic E-state index is -0.0271. The Balaban J connectivity index is 1.20. The summed E-state index contributed by atoms with van der Waals surface area (Å²) in [6, 6.07) is 17.8. The zero-order valence-electron chi connectivity index (χ0n) is 26.7. The molecule has 3 fully saturated rings. The van der Waals surface area contributed by atoms with Crippen LogP contribution in [0.5, 0.6) is 5.75 Å². The van der Waals surface area contributed by atoms with E-state index in [1.165, 1.54) is 12.8 Å². The summed E-state index contributed by atoms with van der Waals surface area (Å²) in [6.07, 6.45) is 4.46. The third-order valence-corrected chi connectivity index (χ3v) is 10.3. The maximum Gasteiger partial charge on any atom is 0.254 e. The Hall–Kier alpha value is -4.70. The lowest BCUT2D eigenvalue weighted by molar-refractivity contribution is 0.0700. The van der Waals surface area contributed by atoms with Crippen LogP contribution in [0.2, 0.25) is 0 Å². The molecule has 2 N–H and O–H groups in total. The molecule has 46 heavy (non-hydrogen) atoms. The van der Waals surface area contributed by atoms with Gasteiger partial charge in [0.15, 0.2) is 5.82 Å². The van der Waals surface area contributed by atoms with Gasteiger partial charge in [-0.3, -0.25) is 9.59 Å². The zero-order valence-corrected chi connectivity index (χ0v) is 26.7. The fraction of sp³-hybridized carbons (Fsp3) is 0.389. The number of aryl methyl sites for hydroxylation is 1. The third-order valence-electron chi connectivity index (χ3n) is 10.3. The van der Waals surface area contributed by atoms with E-state index < -0.39 is 0 Å². The number of imidazole rings is 1. The zero-order chi connectivity index (χ0) is 31.9. The van der Waals surface area contributed by atoms with Gasteiger partial charge in [-0.1, -0.05) is 12.1 Å². The van der Waals surface area contributed by atoms with Crippen LogP contribution in [0.3, 0.4) is 0 Å². The van der Waals surface area contributed by atoms with Crippen molar-refractivity contribution in [2.24, 2.45) is 24.6 Å². The van der Waals surface area contributed by atoms with Crippen LogP contribution in [-0.2, 0) is 13.6 Å². The predicted octanol–water partition coefficient (Wildman–Crippen LogP) is 4.94. The molecule has 3 aliphatic rings. The van der Waals surface area contributed by atoms with Crippen LogP contribution in [0.1, 0.15) is 46.4 Å². The molecule has 3 atom stereocenters. The molecule has 1 aliphatic heterocycles. The number of carbonyl (C=O) groups is 2. The Morgan fingerprint density at radius 1 is 0.978 bits per heavy atom. The molecule has 2 bridgehead atoms. The lowest BCUT2D eigenvalue weighted by Gasteiger charge is -2.27. The van der Waals surface area contributed by atoms with E-state index >= 15 is 0 Å². The minimum Gasteiger partial charge on any atom is -0.494 e. The number of ether oxygens (including phenoxy) is 1. The van der Waals surface area contributed by atoms with Gasteiger partial charge in [0.1, 0.15) is 16.9 Å². The SMILES string of the molecule is COc1cc(C(=O)N2CC3CCC2C3N)cc2nc(-c3cc4ccc(-c5ccc(C(=O)N(C)C)cc5)nc4n3CC3CC3)n(C)c12. The van der Waals surface area contributed by atoms with Crippen molar-refractivity contribution in [2.45, 2.75) is 44.3 Å². The van der Waals surface area contributed by atoms with Crippen LogP contribution in [0.4, 0.5) is 0 Å². The van der Waals surface area contributed by atoms with Crippen molar-refractivity contribution in [3.63, 3.8) is 0 Å². The van der Waals surface area contributed by atoms with E-state index in [1.807, 2.05) is 54.4 Å². The topological polar surface area (TPSA) is 112 Å². The molecule has 1 saturated heterocycles. The number of fused-ring (bicyclic) bond motifs is 4. The van der Waals surface area contributed by atoms with Crippen molar-refractivity contribution in [2.75, 3.05) is 27.7 Å². The number of pyridine rings is 1. The van der Waals surface area contributed by atoms with Crippen LogP contribution >= 0.6 is 0 Å². The summed E-state index contributed by atoms with van der Waals surface area (Å²) in [5.41, 5.74) is 12.9. The van der Waals surface area contributed by atoms with Gasteiger partial charge in [-0.15, -0.1) is 0 Å². The van der Waals surface area contributed by atoms with Gasteiger partial charge in [-0.2, -0.15) is 0 Å². The molecular weight excluding hydrogens is 578 g/mol. The van der Waals surface area contributed by atoms with Gasteiger partial charge in [0, 0.05) is 68.4 Å². The van der Waals surface area contributed by atoms with E-state index in [2.05, 4.69) is 21.3 Å². The van der Waals surface area contributed by atoms with Crippen LogP contribution in [0.25, 0.3) is 44.8 Å². The van der Waals surface area contributed by atoms with Crippen molar-refractivity contribution < 1.29 is 14.3 Å². The molecule has 3 unspecified atom stereocenters. The van der Waals surface area contributed by atoms with E-state index in [4.69, 9.17) is 20.4 Å². The van der Waals surface area contributed by atoms with Gasteiger partial charge < -0.3 is 29.4 Å². The summed E-state index contributed by atoms with van der Waals surface area (Å²) in [4.78, 5) is 40.0. The number of nitrogens with two attached hydrogens (primary N) is 1. The molecule has 0 spiro atoms. The van der Waals surface area contributed by atoms with Gasteiger partial charge >= 0.3 is 0 Å². The lowest BCUT2D eigenvalue weighted by Crippen LogP contribution is -2.41. The number of rotatable bonds is 7. The molecular formula is C36H39N7O3. The number of likely N-dealkylation sites (tertiary alicyclic amines) is 1. The molecule has 0 radical (unpaired) electrons. The Morgan fingerprint density at radius 3 is 2.41 bits per heavy atom. The second kappa shape index (κ2) is 10.7. The molecule has 236 valence electrons. The summed E-state index contributed by atoms with van der Waals surface area (Å²) in [6.45, 7) is 1.57. The number of piperidine rings is 1. The summed E-state index contributed by atoms with van der Waals surface area (Å²) in [5, 5.41) is 1.04. The highest BCUT2D eigenvalue weighted by Gasteiger charge is 2.47. The van der Waals surface area contributed by atoms with Crippen molar-refractivity contribution >= 4 is 33.9 Å². The second-order valence-electron chi connectivity index (χ2n) is 13.5. The molecule has 2 amide bonds. The first-order valence-corrected chi connectivity index (χ1v) is 16.2. The van der Waals surface area contributed by atoms with Crippen LogP contribution in [0.15, 0.2) is 54.6 Å². The standard InChI is InChI=1S/C36H39N7O3/c1-40(2)35(44)22-9-7-21(8-10-22)26-13-11-23-16-29(42(33(23)38-26)18-20-5-6-20)34-39-27-15-25(17-30(46-4)32(27)41(34)3)36(45)43-19-24-12-14-28(43)31(24)37/h7-11,13,15-17,20,24,28,31H,5-6,12,14,18-19,37H2,1-4H3. The normalized spacial score (nSPS) is 20.6. The maximum absolute atomic E-state index is 13.7. The summed E-state index contributed by atoms with van der Waals surface area (Å²) in [5.74, 6) is 2.38. The largest absolute Gasteiger partial charge is 0.494 e. The predicted molar refractivity (Wildman–Crippen MR) is 178 cm³/mol. The van der Waals surface area contributed by atoms with Crippen molar-refractivity contribution in [1.29, 1.82) is 0 Å². The van der Waals surface area contributed by atoms with E-state index in [-0.39, 0.29) is 23.9 Å². The lowest BCUT2D eigenvalue weighted by atomic mass is 10.1. The Labute approximate surface area is 267 Å². The number of hydrogen-bond donors (Lipinski definition) is 1. The summed E-state index contributed by atoms with van der Waals surface area (Å²) in [7, 11) is 7.15. The average Bonchev–Trinajstić information content (AvgIpc) is 3.47. The Morgan fingerprint density at radius 2 is 1.76 bits per heavy atom. The molecule has 2 aliphatic carbocycles. The van der Waals surface area contributed by atoms with Gasteiger partial charge in [-0.05, 0) is 80.0 Å². The molecule has 2 aromatic carbocycles. The molecule has 4 heterocycles. The highest BCUT2D eigenvalue weighted by atomic mass is 16.5. The van der Waals surface area contributed by atoms with Crippen LogP contribution < -0.4 is 10.5 Å². The monoisotopic (exact) mass is 617 g/mol. The fourth-order valence-corrected chi connectivity index (χ4v) is 7.53. The van der Waals surface area contributed by atoms with Gasteiger partial charge in [-0.25, -0.2) is 9.97 Å². The number of nitrogens with zero attached hydrogens (tertiary/aromatic N) is 6. The van der Waals surface area contributed by atoms with Crippen molar-refractivity contribution in [3.05, 3.63) is 65.7 Å². The molecule has 10 nitrogen and oxygen atoms in total. The fourth-order valence-electron chi connectivity index (χ4n) is 7.53. The molecule has 2 saturated carbocycles. The number of methoxy groups -OCH3 is 1. The van der Waals surface area contributed by atoms with E-state index in [0.29, 0.717) is 35.3 Å². The highest BCUT2D eigenvalue weighted by molar-refractivity contribution is 6.00. The van der Waals surface area contributed by atoms with Crippen LogP contribution in [0, 0.1) is 11.8 Å². The number of benzene rings is 2. The van der Waals surface area contributed by atoms with Gasteiger partial charge in [0.25, 0.3) is 11.8 Å². The number of amides is 2. The first kappa shape index (κ1) is 28.8. The van der Waals surface area contributed by atoms with Gasteiger partial charge in [0.2, 0.25) is 0 Å². The van der Waals surface area contributed by atoms with E-state index in [1.54, 1.807) is 26.1 Å². The smallest absolute Gasteiger partial charge is 0.254 e.